The quantitative estimate of drug-likeness (QED) is 0.194. The van der Waals surface area contributed by atoms with E-state index in [9.17, 15) is 29.4 Å². The SMILES string of the molecule is CC(O)C(N)C(=O)NC(CS)C(=O)NC(CO)C(=O)N1CCCC1C(=O)O. The van der Waals surface area contributed by atoms with E-state index < -0.39 is 60.6 Å². The zero-order valence-electron chi connectivity index (χ0n) is 14.9. The molecule has 0 spiro atoms. The van der Waals surface area contributed by atoms with E-state index in [1.807, 2.05) is 0 Å². The Bertz CT molecular complexity index is 574. The number of amides is 3. The third-order valence-corrected chi connectivity index (χ3v) is 4.62. The van der Waals surface area contributed by atoms with Gasteiger partial charge < -0.3 is 36.6 Å². The van der Waals surface area contributed by atoms with Gasteiger partial charge in [0.2, 0.25) is 17.7 Å². The first-order valence-electron chi connectivity index (χ1n) is 8.43. The van der Waals surface area contributed by atoms with Crippen molar-refractivity contribution in [2.24, 2.45) is 5.73 Å². The van der Waals surface area contributed by atoms with Crippen LogP contribution in [0.25, 0.3) is 0 Å². The number of carboxylic acids is 1. The van der Waals surface area contributed by atoms with Gasteiger partial charge in [0.05, 0.1) is 12.7 Å². The number of hydrogen-bond acceptors (Lipinski definition) is 8. The second kappa shape index (κ2) is 10.4. The Labute approximate surface area is 161 Å². The van der Waals surface area contributed by atoms with Crippen molar-refractivity contribution >= 4 is 36.3 Å². The van der Waals surface area contributed by atoms with Crippen LogP contribution >= 0.6 is 12.6 Å². The number of nitrogens with one attached hydrogen (secondary N) is 2. The second-order valence-electron chi connectivity index (χ2n) is 6.28. The molecule has 1 fully saturated rings. The highest BCUT2D eigenvalue weighted by Crippen LogP contribution is 2.18. The number of aliphatic hydroxyl groups is 2. The molecule has 5 atom stereocenters. The fourth-order valence-corrected chi connectivity index (χ4v) is 2.88. The van der Waals surface area contributed by atoms with Crippen LogP contribution in [0.2, 0.25) is 0 Å². The average molecular weight is 406 g/mol. The number of nitrogens with zero attached hydrogens (tertiary/aromatic N) is 1. The predicted molar refractivity (Wildman–Crippen MR) is 96.8 cm³/mol. The zero-order chi connectivity index (χ0) is 20.7. The number of aliphatic hydroxyl groups excluding tert-OH is 2. The van der Waals surface area contributed by atoms with Crippen LogP contribution in [-0.4, -0.2) is 93.1 Å². The summed E-state index contributed by atoms with van der Waals surface area (Å²) in [5, 5.41) is 32.5. The molecule has 27 heavy (non-hydrogen) atoms. The summed E-state index contributed by atoms with van der Waals surface area (Å²) in [5.74, 6) is -3.58. The number of carbonyl (C=O) groups excluding carboxylic acids is 3. The van der Waals surface area contributed by atoms with Crippen molar-refractivity contribution in [2.75, 3.05) is 18.9 Å². The molecule has 1 aliphatic rings. The van der Waals surface area contributed by atoms with Crippen molar-refractivity contribution in [2.45, 2.75) is 50.0 Å². The van der Waals surface area contributed by atoms with E-state index in [0.717, 1.165) is 4.90 Å². The Morgan fingerprint density at radius 1 is 1.22 bits per heavy atom. The highest BCUT2D eigenvalue weighted by atomic mass is 32.1. The summed E-state index contributed by atoms with van der Waals surface area (Å²) in [6.07, 6.45) is -0.343. The number of hydrogen-bond donors (Lipinski definition) is 7. The van der Waals surface area contributed by atoms with Crippen LogP contribution in [0.4, 0.5) is 0 Å². The maximum atomic E-state index is 12.5. The second-order valence-corrected chi connectivity index (χ2v) is 6.65. The molecule has 5 unspecified atom stereocenters. The molecule has 0 aromatic rings. The highest BCUT2D eigenvalue weighted by Gasteiger charge is 2.38. The van der Waals surface area contributed by atoms with E-state index in [1.54, 1.807) is 0 Å². The Morgan fingerprint density at radius 3 is 2.30 bits per heavy atom. The minimum Gasteiger partial charge on any atom is -0.480 e. The summed E-state index contributed by atoms with van der Waals surface area (Å²) in [7, 11) is 0. The van der Waals surface area contributed by atoms with Gasteiger partial charge in [-0.1, -0.05) is 0 Å². The van der Waals surface area contributed by atoms with Crippen LogP contribution in [0, 0.1) is 0 Å². The third-order valence-electron chi connectivity index (χ3n) is 4.26. The van der Waals surface area contributed by atoms with Gasteiger partial charge in [-0.15, -0.1) is 0 Å². The topological polar surface area (TPSA) is 182 Å². The number of nitrogens with two attached hydrogens (primary N) is 1. The molecular formula is C15H26N4O7S. The van der Waals surface area contributed by atoms with Crippen molar-refractivity contribution in [1.82, 2.24) is 15.5 Å². The van der Waals surface area contributed by atoms with E-state index in [4.69, 9.17) is 10.8 Å². The molecule has 0 aromatic carbocycles. The summed E-state index contributed by atoms with van der Waals surface area (Å²) < 4.78 is 0. The summed E-state index contributed by atoms with van der Waals surface area (Å²) in [4.78, 5) is 49.0. The van der Waals surface area contributed by atoms with Crippen molar-refractivity contribution in [3.05, 3.63) is 0 Å². The maximum absolute atomic E-state index is 12.5. The molecule has 1 aliphatic heterocycles. The van der Waals surface area contributed by atoms with Crippen LogP contribution in [0.15, 0.2) is 0 Å². The number of rotatable bonds is 9. The molecule has 1 rings (SSSR count). The fraction of sp³-hybridized carbons (Fsp3) is 0.733. The molecule has 0 radical (unpaired) electrons. The lowest BCUT2D eigenvalue weighted by atomic mass is 10.1. The standard InChI is InChI=1S/C15H26N4O7S/c1-7(21)11(16)13(23)18-9(6-27)12(22)17-8(5-20)14(24)19-4-2-3-10(19)15(25)26/h7-11,20-21,27H,2-6,16H2,1H3,(H,17,22)(H,18,23)(H,25,26). The number of carbonyl (C=O) groups is 4. The van der Waals surface area contributed by atoms with Crippen molar-refractivity contribution in [3.8, 4) is 0 Å². The van der Waals surface area contributed by atoms with Gasteiger partial charge in [0.15, 0.2) is 0 Å². The predicted octanol–water partition coefficient (Wildman–Crippen LogP) is -3.34. The van der Waals surface area contributed by atoms with E-state index in [-0.39, 0.29) is 12.3 Å². The van der Waals surface area contributed by atoms with Gasteiger partial charge in [0, 0.05) is 12.3 Å². The molecule has 0 aliphatic carbocycles. The van der Waals surface area contributed by atoms with Crippen LogP contribution in [0.1, 0.15) is 19.8 Å². The minimum atomic E-state index is -1.36. The van der Waals surface area contributed by atoms with Gasteiger partial charge in [-0.25, -0.2) is 4.79 Å². The summed E-state index contributed by atoms with van der Waals surface area (Å²) in [6.45, 7) is 0.779. The van der Waals surface area contributed by atoms with Crippen LogP contribution < -0.4 is 16.4 Å². The lowest BCUT2D eigenvalue weighted by Gasteiger charge is -2.27. The average Bonchev–Trinajstić information content (AvgIpc) is 3.12. The first kappa shape index (κ1) is 23.1. The van der Waals surface area contributed by atoms with Gasteiger partial charge in [0.25, 0.3) is 0 Å². The van der Waals surface area contributed by atoms with Crippen molar-refractivity contribution in [1.29, 1.82) is 0 Å². The fourth-order valence-electron chi connectivity index (χ4n) is 2.63. The summed E-state index contributed by atoms with van der Waals surface area (Å²) >= 11 is 3.97. The Hall–Kier alpha value is -1.89. The molecule has 12 heteroatoms. The molecule has 0 bridgehead atoms. The number of likely N-dealkylation sites (tertiary alicyclic amines) is 1. The van der Waals surface area contributed by atoms with E-state index in [2.05, 4.69) is 23.3 Å². The van der Waals surface area contributed by atoms with Gasteiger partial charge in [0.1, 0.15) is 24.2 Å². The van der Waals surface area contributed by atoms with E-state index in [0.29, 0.717) is 12.8 Å². The van der Waals surface area contributed by atoms with Gasteiger partial charge >= 0.3 is 5.97 Å². The largest absolute Gasteiger partial charge is 0.480 e. The smallest absolute Gasteiger partial charge is 0.326 e. The van der Waals surface area contributed by atoms with Crippen LogP contribution in [0.3, 0.4) is 0 Å². The number of thiol groups is 1. The van der Waals surface area contributed by atoms with E-state index >= 15 is 0 Å². The Morgan fingerprint density at radius 2 is 1.81 bits per heavy atom. The monoisotopic (exact) mass is 406 g/mol. The molecule has 0 aromatic heterocycles. The molecular weight excluding hydrogens is 380 g/mol. The summed E-state index contributed by atoms with van der Waals surface area (Å²) in [5.41, 5.74) is 5.49. The Kier molecular flexibility index (Phi) is 8.96. The van der Waals surface area contributed by atoms with Crippen LogP contribution in [0.5, 0.6) is 0 Å². The number of carboxylic acid groups (broad SMARTS) is 1. The third kappa shape index (κ3) is 6.06. The lowest BCUT2D eigenvalue weighted by molar-refractivity contribution is -0.150. The molecule has 3 amide bonds. The number of aliphatic carboxylic acids is 1. The van der Waals surface area contributed by atoms with E-state index in [1.165, 1.54) is 6.92 Å². The molecule has 154 valence electrons. The molecule has 1 heterocycles. The minimum absolute atomic E-state index is 0.127. The van der Waals surface area contributed by atoms with Crippen molar-refractivity contribution < 1.29 is 34.5 Å². The lowest BCUT2D eigenvalue weighted by Crippen LogP contribution is -2.59. The summed E-state index contributed by atoms with van der Waals surface area (Å²) in [6, 6.07) is -4.78. The van der Waals surface area contributed by atoms with Gasteiger partial charge in [-0.3, -0.25) is 14.4 Å². The van der Waals surface area contributed by atoms with Gasteiger partial charge in [-0.05, 0) is 19.8 Å². The van der Waals surface area contributed by atoms with Crippen LogP contribution in [-0.2, 0) is 19.2 Å². The normalized spacial score (nSPS) is 21.1. The first-order valence-corrected chi connectivity index (χ1v) is 9.06. The van der Waals surface area contributed by atoms with Crippen molar-refractivity contribution in [3.63, 3.8) is 0 Å². The molecule has 1 saturated heterocycles. The molecule has 11 nitrogen and oxygen atoms in total. The van der Waals surface area contributed by atoms with Gasteiger partial charge in [-0.2, -0.15) is 12.6 Å². The molecule has 7 N–H and O–H groups in total. The zero-order valence-corrected chi connectivity index (χ0v) is 15.8. The highest BCUT2D eigenvalue weighted by molar-refractivity contribution is 7.80. The Balaban J connectivity index is 2.76. The molecule has 0 saturated carbocycles. The maximum Gasteiger partial charge on any atom is 0.326 e. The first-order chi connectivity index (χ1) is 12.6.